The molecule has 0 radical (unpaired) electrons. The first-order valence-electron chi connectivity index (χ1n) is 9.30. The van der Waals surface area contributed by atoms with Crippen LogP contribution in [0.5, 0.6) is 5.75 Å². The van der Waals surface area contributed by atoms with Crippen LogP contribution in [0.1, 0.15) is 26.6 Å². The molecule has 0 aliphatic heterocycles. The maximum atomic E-state index is 13.1. The van der Waals surface area contributed by atoms with Crippen molar-refractivity contribution in [2.45, 2.75) is 19.4 Å². The van der Waals surface area contributed by atoms with Gasteiger partial charge in [0.2, 0.25) is 0 Å². The van der Waals surface area contributed by atoms with Crippen LogP contribution < -0.4 is 10.5 Å². The lowest BCUT2D eigenvalue weighted by atomic mass is 10.1. The van der Waals surface area contributed by atoms with Gasteiger partial charge in [0, 0.05) is 24.9 Å². The summed E-state index contributed by atoms with van der Waals surface area (Å²) in [6, 6.07) is 18.0. The fraction of sp³-hybridized carbons (Fsp3) is 0.273. The standard InChI is InChI=1S/C22H25N3O2S.ClH/c1-27-19-9-7-17(8-10-19)12-14-25(15-18-5-3-2-4-6-18)22(26)20-16-28-21(24-20)11-13-23;/h2-10,16H,11-15,23H2,1H3;1H. The molecule has 0 fully saturated rings. The summed E-state index contributed by atoms with van der Waals surface area (Å²) in [6.45, 7) is 1.70. The summed E-state index contributed by atoms with van der Waals surface area (Å²) in [5, 5.41) is 2.74. The first-order chi connectivity index (χ1) is 13.7. The lowest BCUT2D eigenvalue weighted by Crippen LogP contribution is -2.32. The predicted octanol–water partition coefficient (Wildman–Crippen LogP) is 3.96. The Morgan fingerprint density at radius 1 is 1.07 bits per heavy atom. The number of nitrogens with two attached hydrogens (primary N) is 1. The molecule has 1 aromatic heterocycles. The van der Waals surface area contributed by atoms with Gasteiger partial charge in [0.15, 0.2) is 0 Å². The average Bonchev–Trinajstić information content (AvgIpc) is 3.20. The van der Waals surface area contributed by atoms with Crippen LogP contribution in [0, 0.1) is 0 Å². The molecule has 2 aromatic carbocycles. The van der Waals surface area contributed by atoms with E-state index in [1.54, 1.807) is 7.11 Å². The van der Waals surface area contributed by atoms with Crippen LogP contribution in [-0.4, -0.2) is 36.0 Å². The van der Waals surface area contributed by atoms with E-state index in [-0.39, 0.29) is 18.3 Å². The van der Waals surface area contributed by atoms with Crippen LogP contribution in [0.15, 0.2) is 60.0 Å². The van der Waals surface area contributed by atoms with Crippen molar-refractivity contribution in [3.8, 4) is 5.75 Å². The summed E-state index contributed by atoms with van der Waals surface area (Å²) in [4.78, 5) is 19.4. The van der Waals surface area contributed by atoms with Crippen LogP contribution in [0.3, 0.4) is 0 Å². The molecule has 0 saturated heterocycles. The SMILES string of the molecule is COc1ccc(CCN(Cc2ccccc2)C(=O)c2csc(CCN)n2)cc1.Cl. The molecule has 0 atom stereocenters. The van der Waals surface area contributed by atoms with Crippen LogP contribution in [0.2, 0.25) is 0 Å². The number of nitrogens with zero attached hydrogens (tertiary/aromatic N) is 2. The van der Waals surface area contributed by atoms with E-state index in [0.29, 0.717) is 31.7 Å². The molecule has 1 heterocycles. The second kappa shape index (κ2) is 11.6. The number of amides is 1. The van der Waals surface area contributed by atoms with Crippen molar-refractivity contribution in [2.75, 3.05) is 20.2 Å². The normalized spacial score (nSPS) is 10.3. The van der Waals surface area contributed by atoms with E-state index in [1.165, 1.54) is 11.3 Å². The Morgan fingerprint density at radius 3 is 2.45 bits per heavy atom. The van der Waals surface area contributed by atoms with E-state index in [2.05, 4.69) is 4.98 Å². The van der Waals surface area contributed by atoms with Gasteiger partial charge in [-0.25, -0.2) is 4.98 Å². The number of aromatic nitrogens is 1. The molecule has 3 rings (SSSR count). The Bertz CT molecular complexity index is 885. The van der Waals surface area contributed by atoms with Gasteiger partial charge in [-0.3, -0.25) is 4.79 Å². The number of halogens is 1. The second-order valence-corrected chi connectivity index (χ2v) is 7.42. The molecular formula is C22H26ClN3O2S. The smallest absolute Gasteiger partial charge is 0.273 e. The number of carbonyl (C=O) groups is 1. The Balaban J connectivity index is 0.00000300. The summed E-state index contributed by atoms with van der Waals surface area (Å²) in [6.07, 6.45) is 1.46. The summed E-state index contributed by atoms with van der Waals surface area (Å²) in [5.74, 6) is 0.785. The quantitative estimate of drug-likeness (QED) is 0.556. The number of thiazole rings is 1. The highest BCUT2D eigenvalue weighted by molar-refractivity contribution is 7.09. The molecule has 0 saturated carbocycles. The predicted molar refractivity (Wildman–Crippen MR) is 120 cm³/mol. The third-order valence-corrected chi connectivity index (χ3v) is 5.37. The summed E-state index contributed by atoms with van der Waals surface area (Å²) in [5.41, 5.74) is 8.36. The molecule has 1 amide bonds. The molecule has 0 unspecified atom stereocenters. The molecule has 7 heteroatoms. The number of methoxy groups -OCH3 is 1. The minimum absolute atomic E-state index is 0. The highest BCUT2D eigenvalue weighted by Crippen LogP contribution is 2.16. The monoisotopic (exact) mass is 431 g/mol. The highest BCUT2D eigenvalue weighted by atomic mass is 35.5. The van der Waals surface area contributed by atoms with E-state index in [9.17, 15) is 4.79 Å². The van der Waals surface area contributed by atoms with Gasteiger partial charge in [0.05, 0.1) is 12.1 Å². The van der Waals surface area contributed by atoms with Crippen molar-refractivity contribution >= 4 is 29.7 Å². The number of ether oxygens (including phenoxy) is 1. The number of rotatable bonds is 9. The molecule has 154 valence electrons. The van der Waals surface area contributed by atoms with Gasteiger partial charge in [0.25, 0.3) is 5.91 Å². The molecule has 2 N–H and O–H groups in total. The van der Waals surface area contributed by atoms with Crippen LogP contribution in [0.25, 0.3) is 0 Å². The van der Waals surface area contributed by atoms with Crippen molar-refractivity contribution in [3.05, 3.63) is 81.8 Å². The Kier molecular flexibility index (Phi) is 9.12. The van der Waals surface area contributed by atoms with Crippen molar-refractivity contribution in [1.29, 1.82) is 0 Å². The molecule has 0 spiro atoms. The van der Waals surface area contributed by atoms with Crippen LogP contribution in [0.4, 0.5) is 0 Å². The lowest BCUT2D eigenvalue weighted by molar-refractivity contribution is 0.0739. The Labute approximate surface area is 181 Å². The van der Waals surface area contributed by atoms with Gasteiger partial charge in [-0.15, -0.1) is 23.7 Å². The molecular weight excluding hydrogens is 406 g/mol. The fourth-order valence-corrected chi connectivity index (χ4v) is 3.71. The molecule has 29 heavy (non-hydrogen) atoms. The van der Waals surface area contributed by atoms with Crippen molar-refractivity contribution < 1.29 is 9.53 Å². The van der Waals surface area contributed by atoms with Crippen molar-refractivity contribution in [2.24, 2.45) is 5.73 Å². The average molecular weight is 432 g/mol. The zero-order valence-electron chi connectivity index (χ0n) is 16.4. The molecule has 0 bridgehead atoms. The zero-order valence-corrected chi connectivity index (χ0v) is 18.0. The van der Waals surface area contributed by atoms with Gasteiger partial charge in [-0.2, -0.15) is 0 Å². The molecule has 0 aliphatic carbocycles. The van der Waals surface area contributed by atoms with Crippen molar-refractivity contribution in [3.63, 3.8) is 0 Å². The largest absolute Gasteiger partial charge is 0.497 e. The fourth-order valence-electron chi connectivity index (χ4n) is 2.92. The minimum Gasteiger partial charge on any atom is -0.497 e. The lowest BCUT2D eigenvalue weighted by Gasteiger charge is -2.22. The number of hydrogen-bond acceptors (Lipinski definition) is 5. The zero-order chi connectivity index (χ0) is 19.8. The number of hydrogen-bond donors (Lipinski definition) is 1. The Morgan fingerprint density at radius 2 is 1.79 bits per heavy atom. The highest BCUT2D eigenvalue weighted by Gasteiger charge is 2.19. The summed E-state index contributed by atoms with van der Waals surface area (Å²) < 4.78 is 5.21. The van der Waals surface area contributed by atoms with E-state index in [1.807, 2.05) is 64.9 Å². The van der Waals surface area contributed by atoms with E-state index >= 15 is 0 Å². The van der Waals surface area contributed by atoms with Crippen LogP contribution >= 0.6 is 23.7 Å². The minimum atomic E-state index is -0.0445. The second-order valence-electron chi connectivity index (χ2n) is 6.48. The van der Waals surface area contributed by atoms with E-state index in [4.69, 9.17) is 10.5 Å². The topological polar surface area (TPSA) is 68.5 Å². The van der Waals surface area contributed by atoms with Gasteiger partial charge in [-0.05, 0) is 36.2 Å². The molecule has 5 nitrogen and oxygen atoms in total. The van der Waals surface area contributed by atoms with Gasteiger partial charge >= 0.3 is 0 Å². The van der Waals surface area contributed by atoms with Crippen LogP contribution in [-0.2, 0) is 19.4 Å². The number of carbonyl (C=O) groups excluding carboxylic acids is 1. The number of benzene rings is 2. The third kappa shape index (κ3) is 6.56. The molecule has 0 aliphatic rings. The Hall–Kier alpha value is -2.41. The maximum absolute atomic E-state index is 13.1. The van der Waals surface area contributed by atoms with E-state index < -0.39 is 0 Å². The van der Waals surface area contributed by atoms with Gasteiger partial charge in [-0.1, -0.05) is 42.5 Å². The third-order valence-electron chi connectivity index (χ3n) is 4.46. The first-order valence-corrected chi connectivity index (χ1v) is 10.2. The summed E-state index contributed by atoms with van der Waals surface area (Å²) in [7, 11) is 1.65. The molecule has 3 aromatic rings. The summed E-state index contributed by atoms with van der Waals surface area (Å²) >= 11 is 1.49. The van der Waals surface area contributed by atoms with Gasteiger partial charge < -0.3 is 15.4 Å². The maximum Gasteiger partial charge on any atom is 0.273 e. The van der Waals surface area contributed by atoms with Crippen molar-refractivity contribution in [1.82, 2.24) is 9.88 Å². The van der Waals surface area contributed by atoms with Gasteiger partial charge in [0.1, 0.15) is 11.4 Å². The first kappa shape index (κ1) is 22.9. The van der Waals surface area contributed by atoms with E-state index in [0.717, 1.165) is 28.3 Å².